The summed E-state index contributed by atoms with van der Waals surface area (Å²) >= 11 is 0. The van der Waals surface area contributed by atoms with E-state index in [0.717, 1.165) is 23.2 Å². The first-order valence-electron chi connectivity index (χ1n) is 8.48. The molecule has 0 bridgehead atoms. The largest absolute Gasteiger partial charge is 0.368 e. The molecule has 25 heavy (non-hydrogen) atoms. The zero-order chi connectivity index (χ0) is 18.2. The minimum atomic E-state index is -0.556. The van der Waals surface area contributed by atoms with Crippen molar-refractivity contribution >= 4 is 17.5 Å². The van der Waals surface area contributed by atoms with Crippen molar-refractivity contribution in [3.8, 4) is 0 Å². The molecule has 2 atom stereocenters. The van der Waals surface area contributed by atoms with Gasteiger partial charge >= 0.3 is 0 Å². The number of benzene rings is 2. The van der Waals surface area contributed by atoms with Gasteiger partial charge in [-0.15, -0.1) is 0 Å². The summed E-state index contributed by atoms with van der Waals surface area (Å²) in [5.41, 5.74) is 8.06. The van der Waals surface area contributed by atoms with Gasteiger partial charge in [0.1, 0.15) is 6.04 Å². The second-order valence-electron chi connectivity index (χ2n) is 6.13. The van der Waals surface area contributed by atoms with Gasteiger partial charge in [0.25, 0.3) is 0 Å². The van der Waals surface area contributed by atoms with Gasteiger partial charge in [0, 0.05) is 18.2 Å². The minimum Gasteiger partial charge on any atom is -0.368 e. The molecule has 0 saturated heterocycles. The fraction of sp³-hybridized carbons (Fsp3) is 0.300. The van der Waals surface area contributed by atoms with Crippen LogP contribution in [0, 0.1) is 5.92 Å². The Hall–Kier alpha value is -2.66. The van der Waals surface area contributed by atoms with Crippen LogP contribution < -0.4 is 16.4 Å². The lowest BCUT2D eigenvalue weighted by Crippen LogP contribution is -2.33. The smallest absolute Gasteiger partial charge is 0.239 e. The van der Waals surface area contributed by atoms with Crippen LogP contribution in [0.2, 0.25) is 0 Å². The monoisotopic (exact) mass is 339 g/mol. The van der Waals surface area contributed by atoms with Crippen LogP contribution in [0.1, 0.15) is 37.4 Å². The number of rotatable bonds is 8. The summed E-state index contributed by atoms with van der Waals surface area (Å²) in [5.74, 6) is -0.446. The zero-order valence-corrected chi connectivity index (χ0v) is 14.7. The first-order valence-corrected chi connectivity index (χ1v) is 8.48. The molecular formula is C20H25N3O2. The Morgan fingerprint density at radius 2 is 1.80 bits per heavy atom. The molecule has 2 amide bonds. The van der Waals surface area contributed by atoms with Crippen LogP contribution in [-0.2, 0) is 16.1 Å². The van der Waals surface area contributed by atoms with E-state index in [9.17, 15) is 9.59 Å². The van der Waals surface area contributed by atoms with Gasteiger partial charge in [0.2, 0.25) is 11.8 Å². The number of hydrogen-bond acceptors (Lipinski definition) is 3. The molecule has 0 fully saturated rings. The van der Waals surface area contributed by atoms with Crippen LogP contribution in [0.4, 0.5) is 5.69 Å². The maximum Gasteiger partial charge on any atom is 0.239 e. The summed E-state index contributed by atoms with van der Waals surface area (Å²) < 4.78 is 0. The van der Waals surface area contributed by atoms with Crippen LogP contribution in [-0.4, -0.2) is 11.8 Å². The first kappa shape index (κ1) is 18.7. The summed E-state index contributed by atoms with van der Waals surface area (Å²) in [5, 5.41) is 6.10. The van der Waals surface area contributed by atoms with Crippen molar-refractivity contribution in [2.75, 3.05) is 5.32 Å². The zero-order valence-electron chi connectivity index (χ0n) is 14.7. The highest BCUT2D eigenvalue weighted by Crippen LogP contribution is 2.16. The number of carbonyl (C=O) groups is 2. The molecule has 2 aromatic rings. The molecule has 0 aliphatic heterocycles. The van der Waals surface area contributed by atoms with Gasteiger partial charge in [-0.1, -0.05) is 56.3 Å². The van der Waals surface area contributed by atoms with Crippen LogP contribution in [0.3, 0.4) is 0 Å². The third-order valence-electron chi connectivity index (χ3n) is 4.18. The van der Waals surface area contributed by atoms with Crippen molar-refractivity contribution in [3.63, 3.8) is 0 Å². The van der Waals surface area contributed by atoms with Crippen molar-refractivity contribution in [3.05, 3.63) is 65.7 Å². The van der Waals surface area contributed by atoms with Gasteiger partial charge in [-0.3, -0.25) is 14.9 Å². The third-order valence-corrected chi connectivity index (χ3v) is 4.18. The molecule has 0 aliphatic rings. The Balaban J connectivity index is 2.03. The summed E-state index contributed by atoms with van der Waals surface area (Å²) in [6.45, 7) is 4.35. The lowest BCUT2D eigenvalue weighted by atomic mass is 10.1. The van der Waals surface area contributed by atoms with E-state index in [0.29, 0.717) is 6.54 Å². The maximum absolute atomic E-state index is 12.0. The molecule has 4 N–H and O–H groups in total. The van der Waals surface area contributed by atoms with Crippen molar-refractivity contribution in [1.82, 2.24) is 5.32 Å². The van der Waals surface area contributed by atoms with Gasteiger partial charge in [-0.25, -0.2) is 0 Å². The second kappa shape index (κ2) is 8.99. The van der Waals surface area contributed by atoms with E-state index in [-0.39, 0.29) is 11.8 Å². The molecule has 0 aliphatic carbocycles. The number of carbonyl (C=O) groups excluding carboxylic acids is 2. The normalized spacial score (nSPS) is 13.0. The Labute approximate surface area is 148 Å². The van der Waals surface area contributed by atoms with E-state index in [1.165, 1.54) is 0 Å². The number of anilines is 1. The molecule has 2 rings (SSSR count). The third kappa shape index (κ3) is 5.43. The standard InChI is InChI=1S/C20H25N3O2/c1-3-14(2)20(25)23-17-11-7-8-15(12-17)13-22-18(19(21)24)16-9-5-4-6-10-16/h4-12,14,18,22H,3,13H2,1-2H3,(H2,21,24)(H,23,25)/t14-,18+/m0/s1. The SMILES string of the molecule is CC[C@H](C)C(=O)Nc1cccc(CN[C@@H](C(N)=O)c2ccccc2)c1. The van der Waals surface area contributed by atoms with Gasteiger partial charge in [-0.2, -0.15) is 0 Å². The number of nitrogens with two attached hydrogens (primary N) is 1. The van der Waals surface area contributed by atoms with Crippen molar-refractivity contribution in [2.45, 2.75) is 32.9 Å². The van der Waals surface area contributed by atoms with Crippen molar-refractivity contribution in [2.24, 2.45) is 11.7 Å². The van der Waals surface area contributed by atoms with Crippen molar-refractivity contribution in [1.29, 1.82) is 0 Å². The molecule has 0 heterocycles. The van der Waals surface area contributed by atoms with E-state index in [4.69, 9.17) is 5.73 Å². The van der Waals surface area contributed by atoms with Crippen molar-refractivity contribution < 1.29 is 9.59 Å². The molecule has 0 aromatic heterocycles. The fourth-order valence-corrected chi connectivity index (χ4v) is 2.46. The van der Waals surface area contributed by atoms with Gasteiger partial charge in [0.15, 0.2) is 0 Å². The number of hydrogen-bond donors (Lipinski definition) is 3. The average molecular weight is 339 g/mol. The Morgan fingerprint density at radius 3 is 2.44 bits per heavy atom. The van der Waals surface area contributed by atoms with Crippen LogP contribution in [0.5, 0.6) is 0 Å². The summed E-state index contributed by atoms with van der Waals surface area (Å²) in [4.78, 5) is 23.8. The molecular weight excluding hydrogens is 314 g/mol. The van der Waals surface area contributed by atoms with Crippen LogP contribution in [0.25, 0.3) is 0 Å². The minimum absolute atomic E-state index is 0.00640. The quantitative estimate of drug-likeness (QED) is 0.691. The molecule has 0 spiro atoms. The highest BCUT2D eigenvalue weighted by molar-refractivity contribution is 5.92. The maximum atomic E-state index is 12.0. The lowest BCUT2D eigenvalue weighted by molar-refractivity contribution is -0.120. The average Bonchev–Trinajstić information content (AvgIpc) is 2.62. The van der Waals surface area contributed by atoms with E-state index in [2.05, 4.69) is 10.6 Å². The highest BCUT2D eigenvalue weighted by Gasteiger charge is 2.17. The Bertz CT molecular complexity index is 716. The Kier molecular flexibility index (Phi) is 6.71. The van der Waals surface area contributed by atoms with Crippen LogP contribution >= 0.6 is 0 Å². The molecule has 5 heteroatoms. The molecule has 0 saturated carbocycles. The molecule has 5 nitrogen and oxygen atoms in total. The van der Waals surface area contributed by atoms with E-state index in [1.54, 1.807) is 0 Å². The van der Waals surface area contributed by atoms with Gasteiger partial charge < -0.3 is 11.1 Å². The molecule has 2 aromatic carbocycles. The number of primary amides is 1. The van der Waals surface area contributed by atoms with Crippen LogP contribution in [0.15, 0.2) is 54.6 Å². The topological polar surface area (TPSA) is 84.2 Å². The van der Waals surface area contributed by atoms with E-state index >= 15 is 0 Å². The number of nitrogens with one attached hydrogen (secondary N) is 2. The predicted octanol–water partition coefficient (Wildman–Crippen LogP) is 2.99. The first-order chi connectivity index (χ1) is 12.0. The predicted molar refractivity (Wildman–Crippen MR) is 99.7 cm³/mol. The molecule has 0 radical (unpaired) electrons. The Morgan fingerprint density at radius 1 is 1.08 bits per heavy atom. The van der Waals surface area contributed by atoms with Gasteiger partial charge in [-0.05, 0) is 29.7 Å². The number of amides is 2. The molecule has 132 valence electrons. The summed E-state index contributed by atoms with van der Waals surface area (Å²) in [6.07, 6.45) is 0.796. The highest BCUT2D eigenvalue weighted by atomic mass is 16.2. The molecule has 0 unspecified atom stereocenters. The summed E-state index contributed by atoms with van der Waals surface area (Å²) in [6, 6.07) is 16.4. The lowest BCUT2D eigenvalue weighted by Gasteiger charge is -2.16. The fourth-order valence-electron chi connectivity index (χ4n) is 2.46. The second-order valence-corrected chi connectivity index (χ2v) is 6.13. The van der Waals surface area contributed by atoms with E-state index in [1.807, 2.05) is 68.4 Å². The van der Waals surface area contributed by atoms with Gasteiger partial charge in [0.05, 0.1) is 0 Å². The summed E-state index contributed by atoms with van der Waals surface area (Å²) in [7, 11) is 0. The van der Waals surface area contributed by atoms with E-state index < -0.39 is 11.9 Å².